The van der Waals surface area contributed by atoms with Crippen LogP contribution in [0, 0.1) is 0 Å². The highest BCUT2D eigenvalue weighted by molar-refractivity contribution is 5.65. The topological polar surface area (TPSA) is 78.3 Å². The number of anilines is 1. The van der Waals surface area contributed by atoms with Gasteiger partial charge in [-0.1, -0.05) is 12.1 Å². The predicted molar refractivity (Wildman–Crippen MR) is 52.7 cm³/mol. The Bertz CT molecular complexity index is 348. The monoisotopic (exact) mass is 192 g/mol. The van der Waals surface area contributed by atoms with Crippen molar-refractivity contribution >= 4 is 11.8 Å². The van der Waals surface area contributed by atoms with Crippen LogP contribution in [-0.2, 0) is 4.74 Å². The van der Waals surface area contributed by atoms with E-state index in [9.17, 15) is 4.79 Å². The fourth-order valence-electron chi connectivity index (χ4n) is 1.55. The van der Waals surface area contributed by atoms with Crippen molar-refractivity contribution in [1.82, 2.24) is 0 Å². The number of hydrogen-bond acceptors (Lipinski definition) is 3. The molecule has 4 heteroatoms. The van der Waals surface area contributed by atoms with Crippen molar-refractivity contribution in [1.29, 1.82) is 0 Å². The van der Waals surface area contributed by atoms with Gasteiger partial charge in [0.05, 0.1) is 0 Å². The second-order valence-corrected chi connectivity index (χ2v) is 3.48. The summed E-state index contributed by atoms with van der Waals surface area (Å²) >= 11 is 0. The van der Waals surface area contributed by atoms with E-state index in [1.165, 1.54) is 0 Å². The number of benzene rings is 1. The molecule has 4 N–H and O–H groups in total. The number of primary amides is 1. The summed E-state index contributed by atoms with van der Waals surface area (Å²) in [5, 5.41) is 0. The van der Waals surface area contributed by atoms with Gasteiger partial charge in [-0.05, 0) is 24.1 Å². The van der Waals surface area contributed by atoms with E-state index in [-0.39, 0.29) is 6.10 Å². The summed E-state index contributed by atoms with van der Waals surface area (Å²) in [7, 11) is 0. The number of nitrogen functional groups attached to an aromatic ring is 1. The lowest BCUT2D eigenvalue weighted by Crippen LogP contribution is -2.14. The maximum atomic E-state index is 10.5. The van der Waals surface area contributed by atoms with Gasteiger partial charge in [-0.25, -0.2) is 4.79 Å². The second kappa shape index (κ2) is 3.21. The number of ether oxygens (including phenoxy) is 1. The minimum absolute atomic E-state index is 0.0453. The van der Waals surface area contributed by atoms with Crippen LogP contribution in [0.15, 0.2) is 24.3 Å². The smallest absolute Gasteiger partial charge is 0.404 e. The zero-order chi connectivity index (χ0) is 10.1. The summed E-state index contributed by atoms with van der Waals surface area (Å²) < 4.78 is 4.87. The molecule has 0 aliphatic heterocycles. The molecular formula is C10H12N2O2. The molecule has 1 fully saturated rings. The third kappa shape index (κ3) is 1.79. The highest BCUT2D eigenvalue weighted by Crippen LogP contribution is 2.43. The van der Waals surface area contributed by atoms with Gasteiger partial charge in [-0.3, -0.25) is 0 Å². The van der Waals surface area contributed by atoms with Crippen LogP contribution in [0.4, 0.5) is 10.5 Å². The summed E-state index contributed by atoms with van der Waals surface area (Å²) in [4.78, 5) is 10.5. The Hall–Kier alpha value is -1.71. The van der Waals surface area contributed by atoms with Crippen molar-refractivity contribution in [3.63, 3.8) is 0 Å². The Labute approximate surface area is 81.8 Å². The quantitative estimate of drug-likeness (QED) is 0.691. The molecule has 0 radical (unpaired) electrons. The molecule has 1 aromatic carbocycles. The van der Waals surface area contributed by atoms with Crippen LogP contribution in [0.25, 0.3) is 0 Å². The predicted octanol–water partition coefficient (Wildman–Crippen LogP) is 1.22. The van der Waals surface area contributed by atoms with Crippen molar-refractivity contribution in [3.8, 4) is 0 Å². The lowest BCUT2D eigenvalue weighted by Gasteiger charge is -2.01. The molecule has 14 heavy (non-hydrogen) atoms. The van der Waals surface area contributed by atoms with Gasteiger partial charge >= 0.3 is 6.09 Å². The fourth-order valence-corrected chi connectivity index (χ4v) is 1.55. The maximum Gasteiger partial charge on any atom is 0.404 e. The van der Waals surface area contributed by atoms with Crippen LogP contribution in [0.3, 0.4) is 0 Å². The first kappa shape index (κ1) is 8.87. The third-order valence-electron chi connectivity index (χ3n) is 2.36. The van der Waals surface area contributed by atoms with E-state index in [4.69, 9.17) is 16.2 Å². The summed E-state index contributed by atoms with van der Waals surface area (Å²) in [6, 6.07) is 7.58. The number of hydrogen-bond donors (Lipinski definition) is 2. The zero-order valence-corrected chi connectivity index (χ0v) is 7.64. The summed E-state index contributed by atoms with van der Waals surface area (Å²) in [5.74, 6) is 0.295. The van der Waals surface area contributed by atoms with Gasteiger partial charge in [0.25, 0.3) is 0 Å². The molecule has 1 saturated carbocycles. The van der Waals surface area contributed by atoms with E-state index in [2.05, 4.69) is 0 Å². The molecule has 4 nitrogen and oxygen atoms in total. The second-order valence-electron chi connectivity index (χ2n) is 3.48. The molecule has 74 valence electrons. The molecule has 2 unspecified atom stereocenters. The van der Waals surface area contributed by atoms with E-state index in [1.54, 1.807) is 0 Å². The molecule has 2 rings (SSSR count). The minimum atomic E-state index is -0.701. The molecule has 1 aromatic rings. The Morgan fingerprint density at radius 2 is 2.00 bits per heavy atom. The Morgan fingerprint density at radius 1 is 1.36 bits per heavy atom. The fraction of sp³-hybridized carbons (Fsp3) is 0.300. The number of carbonyl (C=O) groups is 1. The van der Waals surface area contributed by atoms with Gasteiger partial charge in [0.2, 0.25) is 0 Å². The Balaban J connectivity index is 1.99. The first-order valence-electron chi connectivity index (χ1n) is 4.48. The molecular weight excluding hydrogens is 180 g/mol. The average molecular weight is 192 g/mol. The number of carbonyl (C=O) groups excluding carboxylic acids is 1. The maximum absolute atomic E-state index is 10.5. The first-order chi connectivity index (χ1) is 6.66. The van der Waals surface area contributed by atoms with Crippen LogP contribution in [0.5, 0.6) is 0 Å². The van der Waals surface area contributed by atoms with E-state index in [0.29, 0.717) is 5.92 Å². The zero-order valence-electron chi connectivity index (χ0n) is 7.64. The first-order valence-corrected chi connectivity index (χ1v) is 4.48. The van der Waals surface area contributed by atoms with Gasteiger partial charge in [-0.2, -0.15) is 0 Å². The van der Waals surface area contributed by atoms with Gasteiger partial charge in [-0.15, -0.1) is 0 Å². The SMILES string of the molecule is NC(=O)OC1CC1c1ccc(N)cc1. The van der Waals surface area contributed by atoms with E-state index >= 15 is 0 Å². The van der Waals surface area contributed by atoms with E-state index in [1.807, 2.05) is 24.3 Å². The highest BCUT2D eigenvalue weighted by atomic mass is 16.6. The van der Waals surface area contributed by atoms with Gasteiger partial charge < -0.3 is 16.2 Å². The molecule has 1 aliphatic rings. The molecule has 0 bridgehead atoms. The number of nitrogens with two attached hydrogens (primary N) is 2. The molecule has 0 aromatic heterocycles. The average Bonchev–Trinajstić information content (AvgIpc) is 2.84. The number of rotatable bonds is 2. The van der Waals surface area contributed by atoms with Crippen molar-refractivity contribution in [2.24, 2.45) is 5.73 Å². The molecule has 2 atom stereocenters. The third-order valence-corrected chi connectivity index (χ3v) is 2.36. The van der Waals surface area contributed by atoms with Gasteiger partial charge in [0.1, 0.15) is 6.10 Å². The minimum Gasteiger partial charge on any atom is -0.446 e. The Morgan fingerprint density at radius 3 is 2.57 bits per heavy atom. The normalized spacial score (nSPS) is 24.3. The van der Waals surface area contributed by atoms with Crippen LogP contribution in [-0.4, -0.2) is 12.2 Å². The molecule has 0 heterocycles. The van der Waals surface area contributed by atoms with Crippen molar-refractivity contribution < 1.29 is 9.53 Å². The summed E-state index contributed by atoms with van der Waals surface area (Å²) in [5.41, 5.74) is 12.4. The molecule has 0 saturated heterocycles. The van der Waals surface area contributed by atoms with E-state index < -0.39 is 6.09 Å². The van der Waals surface area contributed by atoms with E-state index in [0.717, 1.165) is 17.7 Å². The molecule has 0 spiro atoms. The van der Waals surface area contributed by atoms with Crippen LogP contribution in [0.1, 0.15) is 17.9 Å². The van der Waals surface area contributed by atoms with Crippen LogP contribution >= 0.6 is 0 Å². The van der Waals surface area contributed by atoms with Crippen molar-refractivity contribution in [2.75, 3.05) is 5.73 Å². The lowest BCUT2D eigenvalue weighted by molar-refractivity contribution is 0.147. The van der Waals surface area contributed by atoms with Gasteiger partial charge in [0, 0.05) is 11.6 Å². The summed E-state index contributed by atoms with van der Waals surface area (Å²) in [6.45, 7) is 0. The largest absolute Gasteiger partial charge is 0.446 e. The van der Waals surface area contributed by atoms with Crippen LogP contribution < -0.4 is 11.5 Å². The van der Waals surface area contributed by atoms with Crippen molar-refractivity contribution in [2.45, 2.75) is 18.4 Å². The standard InChI is InChI=1S/C10H12N2O2/c11-7-3-1-6(2-4-7)8-5-9(8)14-10(12)13/h1-4,8-9H,5,11H2,(H2,12,13). The van der Waals surface area contributed by atoms with Crippen LogP contribution in [0.2, 0.25) is 0 Å². The van der Waals surface area contributed by atoms with Crippen molar-refractivity contribution in [3.05, 3.63) is 29.8 Å². The molecule has 1 aliphatic carbocycles. The summed E-state index contributed by atoms with van der Waals surface area (Å²) in [6.07, 6.45) is 0.108. The molecule has 1 amide bonds. The lowest BCUT2D eigenvalue weighted by atomic mass is 10.1. The van der Waals surface area contributed by atoms with Gasteiger partial charge in [0.15, 0.2) is 0 Å². The number of amides is 1. The Kier molecular flexibility index (Phi) is 2.04. The highest BCUT2D eigenvalue weighted by Gasteiger charge is 2.41.